The Morgan fingerprint density at radius 3 is 0.872 bits per heavy atom. The molecule has 0 N–H and O–H groups in total. The third-order valence-corrected chi connectivity index (χ3v) is 14.6. The fraction of sp³-hybridized carbons (Fsp3) is 0.764. The van der Waals surface area contributed by atoms with Gasteiger partial charge in [-0.1, -0.05) is 298 Å². The second-order valence-electron chi connectivity index (χ2n) is 22.3. The molecule has 0 spiro atoms. The van der Waals surface area contributed by atoms with E-state index in [9.17, 15) is 14.4 Å². The summed E-state index contributed by atoms with van der Waals surface area (Å²) in [5.41, 5.74) is 0. The van der Waals surface area contributed by atoms with E-state index in [1.54, 1.807) is 0 Å². The second kappa shape index (κ2) is 66.1. The van der Waals surface area contributed by atoms with Crippen molar-refractivity contribution in [1.82, 2.24) is 0 Å². The van der Waals surface area contributed by atoms with Gasteiger partial charge < -0.3 is 14.2 Å². The highest BCUT2D eigenvalue weighted by atomic mass is 16.6. The van der Waals surface area contributed by atoms with Crippen molar-refractivity contribution in [3.05, 3.63) is 85.1 Å². The van der Waals surface area contributed by atoms with Crippen LogP contribution in [0.4, 0.5) is 0 Å². The molecule has 0 aromatic heterocycles. The molecule has 0 radical (unpaired) electrons. The fourth-order valence-electron chi connectivity index (χ4n) is 9.60. The van der Waals surface area contributed by atoms with Gasteiger partial charge in [0.25, 0.3) is 0 Å². The highest BCUT2D eigenvalue weighted by Crippen LogP contribution is 2.17. The molecular formula is C72H126O6. The van der Waals surface area contributed by atoms with Gasteiger partial charge in [0.2, 0.25) is 0 Å². The van der Waals surface area contributed by atoms with Gasteiger partial charge in [0.15, 0.2) is 6.10 Å². The lowest BCUT2D eigenvalue weighted by Gasteiger charge is -2.18. The van der Waals surface area contributed by atoms with Crippen LogP contribution in [0.15, 0.2) is 85.1 Å². The summed E-state index contributed by atoms with van der Waals surface area (Å²) >= 11 is 0. The van der Waals surface area contributed by atoms with Crippen molar-refractivity contribution >= 4 is 17.9 Å². The van der Waals surface area contributed by atoms with E-state index < -0.39 is 6.10 Å². The minimum atomic E-state index is -0.808. The van der Waals surface area contributed by atoms with Gasteiger partial charge in [0.1, 0.15) is 13.2 Å². The van der Waals surface area contributed by atoms with Gasteiger partial charge in [-0.2, -0.15) is 0 Å². The van der Waals surface area contributed by atoms with E-state index in [1.807, 2.05) is 6.08 Å². The molecule has 1 atom stereocenters. The molecule has 0 rings (SSSR count). The van der Waals surface area contributed by atoms with Crippen LogP contribution >= 0.6 is 0 Å². The molecular weight excluding hydrogens is 961 g/mol. The highest BCUT2D eigenvalue weighted by molar-refractivity contribution is 5.71. The number of carbonyl (C=O) groups excluding carboxylic acids is 3. The smallest absolute Gasteiger partial charge is 0.306 e. The third kappa shape index (κ3) is 63.4. The monoisotopic (exact) mass is 1090 g/mol. The third-order valence-electron chi connectivity index (χ3n) is 14.6. The first-order chi connectivity index (χ1) is 38.5. The van der Waals surface area contributed by atoms with E-state index in [-0.39, 0.29) is 37.5 Å². The number of unbranched alkanes of at least 4 members (excludes halogenated alkanes) is 36. The van der Waals surface area contributed by atoms with E-state index in [4.69, 9.17) is 14.2 Å². The van der Waals surface area contributed by atoms with Gasteiger partial charge in [-0.3, -0.25) is 14.4 Å². The summed E-state index contributed by atoms with van der Waals surface area (Å²) in [5, 5.41) is 0. The number of allylic oxidation sites excluding steroid dienone is 14. The lowest BCUT2D eigenvalue weighted by Crippen LogP contribution is -2.30. The van der Waals surface area contributed by atoms with Crippen molar-refractivity contribution in [2.75, 3.05) is 13.2 Å². The topological polar surface area (TPSA) is 78.9 Å². The molecule has 0 saturated heterocycles. The van der Waals surface area contributed by atoms with Crippen molar-refractivity contribution in [3.63, 3.8) is 0 Å². The van der Waals surface area contributed by atoms with Crippen molar-refractivity contribution < 1.29 is 28.6 Å². The lowest BCUT2D eigenvalue weighted by molar-refractivity contribution is -0.166. The molecule has 6 heteroatoms. The standard InChI is InChI=1S/C72H126O6/c1-4-7-10-13-16-19-22-25-27-29-31-32-33-34-35-36-37-38-39-40-41-43-44-47-50-53-56-59-62-65-71(74)77-68-69(67-76-70(73)64-61-58-55-52-49-46-24-21-18-15-12-9-6-3)78-72(75)66-63-60-57-54-51-48-45-42-30-28-26-23-20-17-14-11-8-5-2/h9,12,18,21-22,25,28-31,46,49,55,58,69H,4-8,10-11,13-17,19-20,23-24,26-27,32-45,47-48,50-54,56-57,59-68H2,1-3H3/b12-9-,21-18-,25-22-,30-28-,31-29-,49-46-,58-55-. The number of esters is 3. The molecule has 0 saturated carbocycles. The zero-order valence-corrected chi connectivity index (χ0v) is 51.7. The predicted octanol–water partition coefficient (Wildman–Crippen LogP) is 23.1. The molecule has 0 aliphatic carbocycles. The van der Waals surface area contributed by atoms with Gasteiger partial charge in [0, 0.05) is 19.3 Å². The number of hydrogen-bond acceptors (Lipinski definition) is 6. The van der Waals surface area contributed by atoms with Gasteiger partial charge in [-0.15, -0.1) is 0 Å². The van der Waals surface area contributed by atoms with Crippen LogP contribution in [0.3, 0.4) is 0 Å². The summed E-state index contributed by atoms with van der Waals surface area (Å²) in [6.07, 6.45) is 87.7. The Kier molecular flexibility index (Phi) is 63.2. The molecule has 6 nitrogen and oxygen atoms in total. The van der Waals surface area contributed by atoms with Crippen LogP contribution in [0.2, 0.25) is 0 Å². The number of rotatable bonds is 61. The molecule has 78 heavy (non-hydrogen) atoms. The Morgan fingerprint density at radius 1 is 0.269 bits per heavy atom. The van der Waals surface area contributed by atoms with Gasteiger partial charge in [-0.05, 0) is 103 Å². The molecule has 1 unspecified atom stereocenters. The second-order valence-corrected chi connectivity index (χ2v) is 22.3. The predicted molar refractivity (Wildman–Crippen MR) is 339 cm³/mol. The van der Waals surface area contributed by atoms with E-state index >= 15 is 0 Å². The Labute approximate surface area is 484 Å². The van der Waals surface area contributed by atoms with Crippen LogP contribution in [-0.2, 0) is 28.6 Å². The summed E-state index contributed by atoms with van der Waals surface area (Å²) in [7, 11) is 0. The molecule has 0 amide bonds. The van der Waals surface area contributed by atoms with Crippen LogP contribution in [-0.4, -0.2) is 37.2 Å². The Morgan fingerprint density at radius 2 is 0.526 bits per heavy atom. The lowest BCUT2D eigenvalue weighted by atomic mass is 10.0. The molecule has 0 bridgehead atoms. The van der Waals surface area contributed by atoms with Crippen molar-refractivity contribution in [2.24, 2.45) is 0 Å². The van der Waals surface area contributed by atoms with Gasteiger partial charge in [-0.25, -0.2) is 0 Å². The molecule has 0 fully saturated rings. The van der Waals surface area contributed by atoms with Crippen LogP contribution < -0.4 is 0 Å². The SMILES string of the molecule is CC/C=C\C/C=C\C/C=C\C/C=C\CCC(=O)OCC(COC(=O)CCCCCCCCCCCCCCCCCCC/C=C\C/C=C\CCCCCCC)OC(=O)CCCCCCCCC/C=C\CCCCCCCCC. The van der Waals surface area contributed by atoms with Gasteiger partial charge >= 0.3 is 17.9 Å². The summed E-state index contributed by atoms with van der Waals surface area (Å²) in [6, 6.07) is 0. The van der Waals surface area contributed by atoms with Crippen LogP contribution in [0.1, 0.15) is 335 Å². The average molecular weight is 1090 g/mol. The first-order valence-corrected chi connectivity index (χ1v) is 33.6. The van der Waals surface area contributed by atoms with Gasteiger partial charge in [0.05, 0.1) is 0 Å². The minimum absolute atomic E-state index is 0.0979. The van der Waals surface area contributed by atoms with E-state index in [0.717, 1.165) is 70.6 Å². The molecule has 0 aromatic rings. The number of carbonyl (C=O) groups is 3. The van der Waals surface area contributed by atoms with E-state index in [1.165, 1.54) is 218 Å². The maximum atomic E-state index is 12.9. The summed E-state index contributed by atoms with van der Waals surface area (Å²) in [4.78, 5) is 38.3. The van der Waals surface area contributed by atoms with E-state index in [0.29, 0.717) is 19.3 Å². The number of ether oxygens (including phenoxy) is 3. The maximum absolute atomic E-state index is 12.9. The van der Waals surface area contributed by atoms with Crippen LogP contribution in [0, 0.1) is 0 Å². The van der Waals surface area contributed by atoms with E-state index in [2.05, 4.69) is 99.8 Å². The minimum Gasteiger partial charge on any atom is -0.462 e. The quantitative estimate of drug-likeness (QED) is 0.0261. The first-order valence-electron chi connectivity index (χ1n) is 33.6. The molecule has 0 heterocycles. The average Bonchev–Trinajstić information content (AvgIpc) is 3.44. The molecule has 0 aliphatic heterocycles. The Hall–Kier alpha value is -3.41. The largest absolute Gasteiger partial charge is 0.462 e. The first kappa shape index (κ1) is 74.6. The van der Waals surface area contributed by atoms with Crippen molar-refractivity contribution in [1.29, 1.82) is 0 Å². The van der Waals surface area contributed by atoms with Crippen LogP contribution in [0.5, 0.6) is 0 Å². The summed E-state index contributed by atoms with van der Waals surface area (Å²) in [5.74, 6) is -0.974. The fourth-order valence-corrected chi connectivity index (χ4v) is 9.60. The highest BCUT2D eigenvalue weighted by Gasteiger charge is 2.19. The number of hydrogen-bond donors (Lipinski definition) is 0. The van der Waals surface area contributed by atoms with Crippen molar-refractivity contribution in [2.45, 2.75) is 341 Å². The zero-order chi connectivity index (χ0) is 56.4. The molecule has 0 aliphatic rings. The Bertz CT molecular complexity index is 1480. The Balaban J connectivity index is 4.25. The normalized spacial score (nSPS) is 12.6. The maximum Gasteiger partial charge on any atom is 0.306 e. The summed E-state index contributed by atoms with van der Waals surface area (Å²) < 4.78 is 16.9. The van der Waals surface area contributed by atoms with Crippen molar-refractivity contribution in [3.8, 4) is 0 Å². The summed E-state index contributed by atoms with van der Waals surface area (Å²) in [6.45, 7) is 6.48. The molecule has 450 valence electrons. The molecule has 0 aromatic carbocycles. The van der Waals surface area contributed by atoms with Crippen LogP contribution in [0.25, 0.3) is 0 Å². The zero-order valence-electron chi connectivity index (χ0n) is 51.7.